The van der Waals surface area contributed by atoms with Gasteiger partial charge in [0.1, 0.15) is 5.56 Å². The van der Waals surface area contributed by atoms with Gasteiger partial charge >= 0.3 is 0 Å². The van der Waals surface area contributed by atoms with E-state index >= 15 is 0 Å². The van der Waals surface area contributed by atoms with Crippen LogP contribution >= 0.6 is 23.2 Å². The topological polar surface area (TPSA) is 56.0 Å². The van der Waals surface area contributed by atoms with Gasteiger partial charge in [-0.05, 0) is 41.9 Å². The van der Waals surface area contributed by atoms with Crippen LogP contribution in [0.4, 0.5) is 5.69 Å². The second kappa shape index (κ2) is 5.25. The molecule has 92 valence electrons. The molecule has 0 unspecified atom stereocenters. The van der Waals surface area contributed by atoms with E-state index in [-0.39, 0.29) is 10.7 Å². The normalized spacial score (nSPS) is 10.1. The van der Waals surface area contributed by atoms with Crippen LogP contribution in [0.2, 0.25) is 10.2 Å². The van der Waals surface area contributed by atoms with Gasteiger partial charge in [0, 0.05) is 16.8 Å². The van der Waals surface area contributed by atoms with Gasteiger partial charge in [-0.1, -0.05) is 11.6 Å². The Balaban J connectivity index is 2.16. The second-order valence-electron chi connectivity index (χ2n) is 3.53. The van der Waals surface area contributed by atoms with Gasteiger partial charge in [-0.25, -0.2) is 0 Å². The molecule has 1 aromatic carbocycles. The monoisotopic (exact) mass is 282 g/mol. The maximum Gasteiger partial charge on any atom is 0.286 e. The zero-order chi connectivity index (χ0) is 13.1. The predicted octanol–water partition coefficient (Wildman–Crippen LogP) is 2.88. The fourth-order valence-electron chi connectivity index (χ4n) is 1.33. The summed E-state index contributed by atoms with van der Waals surface area (Å²) in [4.78, 5) is 11.8. The Bertz CT molecular complexity index is 585. The van der Waals surface area contributed by atoms with E-state index in [0.717, 1.165) is 6.20 Å². The molecule has 0 bridgehead atoms. The fourth-order valence-corrected chi connectivity index (χ4v) is 1.57. The van der Waals surface area contributed by atoms with E-state index in [9.17, 15) is 10.0 Å². The molecule has 0 saturated carbocycles. The van der Waals surface area contributed by atoms with Crippen LogP contribution in [0.1, 0.15) is 10.4 Å². The summed E-state index contributed by atoms with van der Waals surface area (Å²) in [6.45, 7) is 0. The molecule has 1 N–H and O–H groups in total. The fraction of sp³-hybridized carbons (Fsp3) is 0. The van der Waals surface area contributed by atoms with Crippen molar-refractivity contribution in [2.24, 2.45) is 0 Å². The lowest BCUT2D eigenvalue weighted by molar-refractivity contribution is -0.603. The molecule has 1 amide bonds. The Labute approximate surface area is 113 Å². The molecule has 0 radical (unpaired) electrons. The first kappa shape index (κ1) is 12.7. The Kier molecular flexibility index (Phi) is 3.69. The zero-order valence-electron chi connectivity index (χ0n) is 9.06. The Hall–Kier alpha value is -1.78. The molecule has 0 aliphatic heterocycles. The zero-order valence-corrected chi connectivity index (χ0v) is 10.6. The van der Waals surface area contributed by atoms with Gasteiger partial charge in [0.05, 0.1) is 0 Å². The van der Waals surface area contributed by atoms with E-state index in [1.54, 1.807) is 24.3 Å². The van der Waals surface area contributed by atoms with Crippen molar-refractivity contribution in [1.82, 2.24) is 0 Å². The number of benzene rings is 1. The van der Waals surface area contributed by atoms with Crippen LogP contribution in [-0.2, 0) is 0 Å². The van der Waals surface area contributed by atoms with Gasteiger partial charge in [-0.2, -0.15) is 4.73 Å². The van der Waals surface area contributed by atoms with Crippen molar-refractivity contribution in [2.75, 3.05) is 5.32 Å². The Morgan fingerprint density at radius 3 is 2.39 bits per heavy atom. The minimum Gasteiger partial charge on any atom is -0.618 e. The average Bonchev–Trinajstić information content (AvgIpc) is 2.35. The second-order valence-corrected chi connectivity index (χ2v) is 4.35. The number of carbonyl (C=O) groups excluding carboxylic acids is 1. The molecule has 6 heteroatoms. The van der Waals surface area contributed by atoms with Crippen molar-refractivity contribution in [3.63, 3.8) is 0 Å². The van der Waals surface area contributed by atoms with Crippen molar-refractivity contribution in [3.8, 4) is 0 Å². The van der Waals surface area contributed by atoms with Crippen molar-refractivity contribution in [3.05, 3.63) is 63.5 Å². The van der Waals surface area contributed by atoms with E-state index in [1.165, 1.54) is 12.1 Å². The molecule has 1 aromatic heterocycles. The molecular formula is C12H8Cl2N2O2. The summed E-state index contributed by atoms with van der Waals surface area (Å²) in [6.07, 6.45) is 1.12. The molecule has 0 fully saturated rings. The van der Waals surface area contributed by atoms with Gasteiger partial charge in [-0.3, -0.25) is 4.79 Å². The summed E-state index contributed by atoms with van der Waals surface area (Å²) < 4.78 is 0.429. The number of aromatic nitrogens is 1. The van der Waals surface area contributed by atoms with Gasteiger partial charge < -0.3 is 10.5 Å². The first-order chi connectivity index (χ1) is 8.56. The summed E-state index contributed by atoms with van der Waals surface area (Å²) in [5, 5.41) is 14.5. The number of hydrogen-bond acceptors (Lipinski definition) is 2. The van der Waals surface area contributed by atoms with Crippen LogP contribution in [0.3, 0.4) is 0 Å². The van der Waals surface area contributed by atoms with Crippen molar-refractivity contribution < 1.29 is 9.52 Å². The Morgan fingerprint density at radius 2 is 1.78 bits per heavy atom. The summed E-state index contributed by atoms with van der Waals surface area (Å²) in [6, 6.07) is 9.50. The quantitative estimate of drug-likeness (QED) is 0.523. The Morgan fingerprint density at radius 1 is 1.11 bits per heavy atom. The lowest BCUT2D eigenvalue weighted by Gasteiger charge is -2.05. The third kappa shape index (κ3) is 2.91. The molecule has 0 aliphatic carbocycles. The largest absolute Gasteiger partial charge is 0.618 e. The highest BCUT2D eigenvalue weighted by atomic mass is 35.5. The lowest BCUT2D eigenvalue weighted by atomic mass is 10.2. The molecule has 4 nitrogen and oxygen atoms in total. The van der Waals surface area contributed by atoms with Crippen LogP contribution in [0.5, 0.6) is 0 Å². The molecule has 2 aromatic rings. The van der Waals surface area contributed by atoms with E-state index in [2.05, 4.69) is 5.32 Å². The van der Waals surface area contributed by atoms with Gasteiger partial charge in [0.15, 0.2) is 6.20 Å². The lowest BCUT2D eigenvalue weighted by Crippen LogP contribution is -2.29. The van der Waals surface area contributed by atoms with Crippen molar-refractivity contribution in [2.45, 2.75) is 0 Å². The van der Waals surface area contributed by atoms with Crippen LogP contribution < -0.4 is 10.0 Å². The minimum absolute atomic E-state index is 0.0121. The number of hydrogen-bond donors (Lipinski definition) is 1. The van der Waals surface area contributed by atoms with Crippen molar-refractivity contribution >= 4 is 34.8 Å². The maximum atomic E-state index is 11.8. The highest BCUT2D eigenvalue weighted by Crippen LogP contribution is 2.14. The SMILES string of the molecule is O=C(Nc1ccc(Cl)cc1)c1ccc(Cl)[n+]([O-])c1. The molecule has 2 rings (SSSR count). The standard InChI is InChI=1S/C12H8Cl2N2O2/c13-9-2-4-10(5-3-9)15-12(17)8-1-6-11(14)16(18)7-8/h1-7H,(H,15,17). The molecule has 0 saturated heterocycles. The smallest absolute Gasteiger partial charge is 0.286 e. The molecule has 0 atom stereocenters. The molecular weight excluding hydrogens is 275 g/mol. The number of rotatable bonds is 2. The molecule has 0 spiro atoms. The van der Waals surface area contributed by atoms with E-state index in [0.29, 0.717) is 15.4 Å². The number of anilines is 1. The predicted molar refractivity (Wildman–Crippen MR) is 69.8 cm³/mol. The van der Waals surface area contributed by atoms with E-state index in [1.807, 2.05) is 0 Å². The summed E-state index contributed by atoms with van der Waals surface area (Å²) in [5.74, 6) is -0.390. The maximum absolute atomic E-state index is 11.8. The van der Waals surface area contributed by atoms with Gasteiger partial charge in [-0.15, -0.1) is 0 Å². The molecule has 1 heterocycles. The van der Waals surface area contributed by atoms with Crippen molar-refractivity contribution in [1.29, 1.82) is 0 Å². The average molecular weight is 283 g/mol. The van der Waals surface area contributed by atoms with Gasteiger partial charge in [0.2, 0.25) is 0 Å². The number of carbonyl (C=O) groups is 1. The highest BCUT2D eigenvalue weighted by molar-refractivity contribution is 6.30. The van der Waals surface area contributed by atoms with E-state index < -0.39 is 5.91 Å². The molecule has 0 aliphatic rings. The van der Waals surface area contributed by atoms with Crippen LogP contribution in [0, 0.1) is 5.21 Å². The van der Waals surface area contributed by atoms with Crippen LogP contribution in [0.25, 0.3) is 0 Å². The summed E-state index contributed by atoms with van der Waals surface area (Å²) in [7, 11) is 0. The number of halogens is 2. The third-order valence-electron chi connectivity index (χ3n) is 2.23. The first-order valence-corrected chi connectivity index (χ1v) is 5.77. The molecule has 18 heavy (non-hydrogen) atoms. The van der Waals surface area contributed by atoms with E-state index in [4.69, 9.17) is 23.2 Å². The summed E-state index contributed by atoms with van der Waals surface area (Å²) >= 11 is 11.3. The number of nitrogens with zero attached hydrogens (tertiary/aromatic N) is 1. The number of pyridine rings is 1. The number of nitrogens with one attached hydrogen (secondary N) is 1. The summed E-state index contributed by atoms with van der Waals surface area (Å²) in [5.41, 5.74) is 0.821. The van der Waals surface area contributed by atoms with Crippen LogP contribution in [-0.4, -0.2) is 5.91 Å². The third-order valence-corrected chi connectivity index (χ3v) is 2.78. The highest BCUT2D eigenvalue weighted by Gasteiger charge is 2.11. The van der Waals surface area contributed by atoms with Crippen LogP contribution in [0.15, 0.2) is 42.6 Å². The minimum atomic E-state index is -0.390. The number of amides is 1. The van der Waals surface area contributed by atoms with Gasteiger partial charge in [0.25, 0.3) is 11.1 Å². The first-order valence-electron chi connectivity index (χ1n) is 5.02.